The lowest BCUT2D eigenvalue weighted by atomic mass is 10.1. The number of amides is 2. The van der Waals surface area contributed by atoms with E-state index in [-0.39, 0.29) is 17.2 Å². The van der Waals surface area contributed by atoms with Crippen LogP contribution < -0.4 is 15.5 Å². The van der Waals surface area contributed by atoms with Gasteiger partial charge >= 0.3 is 0 Å². The van der Waals surface area contributed by atoms with Crippen molar-refractivity contribution in [3.63, 3.8) is 0 Å². The van der Waals surface area contributed by atoms with Gasteiger partial charge in [0.1, 0.15) is 11.7 Å². The maximum Gasteiger partial charge on any atom is 0.252 e. The Balaban J connectivity index is 2.03. The van der Waals surface area contributed by atoms with Gasteiger partial charge in [-0.1, -0.05) is 18.2 Å². The monoisotopic (exact) mass is 399 g/mol. The molecule has 0 bridgehead atoms. The van der Waals surface area contributed by atoms with Crippen LogP contribution in [-0.2, 0) is 16.0 Å². The fourth-order valence-corrected chi connectivity index (χ4v) is 2.42. The molecule has 0 radical (unpaired) electrons. The third-order valence-corrected chi connectivity index (χ3v) is 4.07. The van der Waals surface area contributed by atoms with Gasteiger partial charge in [-0.3, -0.25) is 9.59 Å². The number of hydrogen-bond acceptors (Lipinski definition) is 5. The van der Waals surface area contributed by atoms with Crippen LogP contribution in [0.4, 0.5) is 10.1 Å². The zero-order valence-electron chi connectivity index (χ0n) is 16.1. The summed E-state index contributed by atoms with van der Waals surface area (Å²) in [6.45, 7) is 5.02. The fraction of sp³-hybridized carbons (Fsp3) is 0.190. The van der Waals surface area contributed by atoms with E-state index in [0.29, 0.717) is 17.5 Å². The Morgan fingerprint density at radius 1 is 1.31 bits per heavy atom. The van der Waals surface area contributed by atoms with Crippen molar-refractivity contribution in [2.45, 2.75) is 13.3 Å². The molecular weight excluding hydrogens is 377 g/mol. The molecule has 2 amide bonds. The molecule has 0 fully saturated rings. The summed E-state index contributed by atoms with van der Waals surface area (Å²) in [5.41, 5.74) is 3.42. The van der Waals surface area contributed by atoms with E-state index in [0.717, 1.165) is 0 Å². The number of allylic oxidation sites excluding steroid dienone is 1. The zero-order valence-corrected chi connectivity index (χ0v) is 16.1. The molecule has 0 aliphatic heterocycles. The summed E-state index contributed by atoms with van der Waals surface area (Å²) in [5, 5.41) is 16.3. The first-order valence-electron chi connectivity index (χ1n) is 8.76. The number of para-hydroxylation sites is 1. The van der Waals surface area contributed by atoms with E-state index >= 15 is 0 Å². The van der Waals surface area contributed by atoms with E-state index in [9.17, 15) is 19.1 Å². The number of halogens is 1. The van der Waals surface area contributed by atoms with E-state index in [1.165, 1.54) is 38.4 Å². The zero-order chi connectivity index (χ0) is 21.4. The molecule has 2 rings (SSSR count). The van der Waals surface area contributed by atoms with Crippen molar-refractivity contribution in [3.8, 4) is 11.5 Å². The van der Waals surface area contributed by atoms with Gasteiger partial charge in [-0.2, -0.15) is 5.10 Å². The Labute approximate surface area is 167 Å². The van der Waals surface area contributed by atoms with Gasteiger partial charge in [-0.05, 0) is 43.2 Å². The summed E-state index contributed by atoms with van der Waals surface area (Å²) in [7, 11) is 1.42. The Morgan fingerprint density at radius 2 is 2.03 bits per heavy atom. The van der Waals surface area contributed by atoms with Crippen LogP contribution in [0.15, 0.2) is 54.2 Å². The van der Waals surface area contributed by atoms with E-state index in [1.807, 2.05) is 0 Å². The number of phenolic OH excluding ortho intramolecular Hbond substituents is 1. The smallest absolute Gasteiger partial charge is 0.252 e. The number of hydrazone groups is 1. The van der Waals surface area contributed by atoms with Crippen molar-refractivity contribution in [2.24, 2.45) is 11.0 Å². The van der Waals surface area contributed by atoms with Gasteiger partial charge in [-0.15, -0.1) is 6.58 Å². The van der Waals surface area contributed by atoms with Crippen LogP contribution in [0.2, 0.25) is 0 Å². The molecule has 0 aliphatic carbocycles. The number of anilines is 1. The van der Waals surface area contributed by atoms with Crippen LogP contribution in [0.25, 0.3) is 0 Å². The van der Waals surface area contributed by atoms with E-state index in [1.54, 1.807) is 24.3 Å². The number of hydrogen-bond donors (Lipinski definition) is 3. The molecule has 1 unspecified atom stereocenters. The number of ether oxygens (including phenoxy) is 1. The largest absolute Gasteiger partial charge is 0.504 e. The van der Waals surface area contributed by atoms with Gasteiger partial charge in [-0.25, -0.2) is 9.82 Å². The average Bonchev–Trinajstić information content (AvgIpc) is 2.71. The lowest BCUT2D eigenvalue weighted by Crippen LogP contribution is -2.34. The van der Waals surface area contributed by atoms with Crippen LogP contribution in [0.1, 0.15) is 18.1 Å². The molecule has 2 aromatic carbocycles. The molecule has 2 aromatic rings. The van der Waals surface area contributed by atoms with Crippen molar-refractivity contribution < 1.29 is 23.8 Å². The number of carbonyl (C=O) groups excluding carboxylic acids is 2. The molecule has 0 saturated carbocycles. The number of methoxy groups -OCH3 is 1. The molecular formula is C21H22FN3O4. The molecule has 0 aromatic heterocycles. The normalized spacial score (nSPS) is 11.7. The van der Waals surface area contributed by atoms with Crippen LogP contribution in [0.3, 0.4) is 0 Å². The van der Waals surface area contributed by atoms with Crippen LogP contribution in [0, 0.1) is 11.7 Å². The lowest BCUT2D eigenvalue weighted by molar-refractivity contribution is -0.131. The first-order chi connectivity index (χ1) is 13.9. The Bertz CT molecular complexity index is 944. The second-order valence-electron chi connectivity index (χ2n) is 6.15. The first kappa shape index (κ1) is 21.6. The van der Waals surface area contributed by atoms with Gasteiger partial charge in [0, 0.05) is 5.56 Å². The number of nitrogens with zero attached hydrogens (tertiary/aromatic N) is 1. The van der Waals surface area contributed by atoms with E-state index < -0.39 is 23.5 Å². The highest BCUT2D eigenvalue weighted by Gasteiger charge is 2.22. The standard InChI is InChI=1S/C21H22FN3O4/c1-4-7-15-10-14(11-18(29-3)19(15)26)12-23-25-21(28)13(2)20(27)24-17-9-6-5-8-16(17)22/h4-6,8-13,26H,1,7H2,2-3H3,(H,24,27)(H,25,28)/b23-12+. The van der Waals surface area contributed by atoms with Gasteiger partial charge in [0.25, 0.3) is 5.91 Å². The number of benzene rings is 2. The summed E-state index contributed by atoms with van der Waals surface area (Å²) in [4.78, 5) is 24.3. The van der Waals surface area contributed by atoms with Crippen LogP contribution in [-0.4, -0.2) is 30.2 Å². The summed E-state index contributed by atoms with van der Waals surface area (Å²) in [6.07, 6.45) is 3.41. The maximum atomic E-state index is 13.6. The maximum absolute atomic E-state index is 13.6. The van der Waals surface area contributed by atoms with Crippen LogP contribution in [0.5, 0.6) is 11.5 Å². The predicted molar refractivity (Wildman–Crippen MR) is 108 cm³/mol. The van der Waals surface area contributed by atoms with Crippen molar-refractivity contribution in [1.82, 2.24) is 5.43 Å². The van der Waals surface area contributed by atoms with Crippen molar-refractivity contribution in [3.05, 3.63) is 66.0 Å². The van der Waals surface area contributed by atoms with Crippen molar-refractivity contribution >= 4 is 23.7 Å². The Hall–Kier alpha value is -3.68. The minimum Gasteiger partial charge on any atom is -0.504 e. The number of rotatable bonds is 8. The van der Waals surface area contributed by atoms with Crippen molar-refractivity contribution in [1.29, 1.82) is 0 Å². The molecule has 29 heavy (non-hydrogen) atoms. The highest BCUT2D eigenvalue weighted by molar-refractivity contribution is 6.06. The molecule has 0 heterocycles. The minimum absolute atomic E-state index is 0.00650. The third kappa shape index (κ3) is 5.65. The number of carbonyl (C=O) groups is 2. The summed E-state index contributed by atoms with van der Waals surface area (Å²) in [6, 6.07) is 8.89. The van der Waals surface area contributed by atoms with Gasteiger partial charge in [0.2, 0.25) is 5.91 Å². The predicted octanol–water partition coefficient (Wildman–Crippen LogP) is 2.99. The second kappa shape index (κ2) is 10.0. The molecule has 8 heteroatoms. The number of nitrogens with one attached hydrogen (secondary N) is 2. The van der Waals surface area contributed by atoms with Crippen molar-refractivity contribution in [2.75, 3.05) is 12.4 Å². The van der Waals surface area contributed by atoms with Gasteiger partial charge in [0.15, 0.2) is 11.5 Å². The quantitative estimate of drug-likeness (QED) is 0.275. The highest BCUT2D eigenvalue weighted by Crippen LogP contribution is 2.31. The summed E-state index contributed by atoms with van der Waals surface area (Å²) >= 11 is 0. The molecule has 0 aliphatic rings. The summed E-state index contributed by atoms with van der Waals surface area (Å²) < 4.78 is 18.7. The number of phenols is 1. The molecule has 0 saturated heterocycles. The molecule has 152 valence electrons. The third-order valence-electron chi connectivity index (χ3n) is 4.07. The molecule has 0 spiro atoms. The SMILES string of the molecule is C=CCc1cc(/C=N/NC(=O)C(C)C(=O)Nc2ccccc2F)cc(OC)c1O. The van der Waals surface area contributed by atoms with E-state index in [4.69, 9.17) is 4.74 Å². The summed E-state index contributed by atoms with van der Waals surface area (Å²) in [5.74, 6) is -2.75. The molecule has 3 N–H and O–H groups in total. The van der Waals surface area contributed by atoms with E-state index in [2.05, 4.69) is 22.4 Å². The first-order valence-corrected chi connectivity index (χ1v) is 8.76. The lowest BCUT2D eigenvalue weighted by Gasteiger charge is -2.11. The average molecular weight is 399 g/mol. The molecule has 7 nitrogen and oxygen atoms in total. The topological polar surface area (TPSA) is 100 Å². The highest BCUT2D eigenvalue weighted by atomic mass is 19.1. The molecule has 1 atom stereocenters. The Kier molecular flexibility index (Phi) is 7.47. The van der Waals surface area contributed by atoms with Crippen LogP contribution >= 0.6 is 0 Å². The second-order valence-corrected chi connectivity index (χ2v) is 6.15. The number of aromatic hydroxyl groups is 1. The van der Waals surface area contributed by atoms with Gasteiger partial charge in [0.05, 0.1) is 19.0 Å². The Morgan fingerprint density at radius 3 is 2.69 bits per heavy atom. The minimum atomic E-state index is -1.10. The fourth-order valence-electron chi connectivity index (χ4n) is 2.42. The van der Waals surface area contributed by atoms with Gasteiger partial charge < -0.3 is 15.2 Å².